The fourth-order valence-corrected chi connectivity index (χ4v) is 3.01. The molecule has 0 spiro atoms. The summed E-state index contributed by atoms with van der Waals surface area (Å²) in [6.07, 6.45) is -0.259. The number of hydrogen-bond donors (Lipinski definition) is 0. The van der Waals surface area contributed by atoms with Gasteiger partial charge in [0.1, 0.15) is 5.60 Å². The van der Waals surface area contributed by atoms with E-state index < -0.39 is 5.60 Å². The van der Waals surface area contributed by atoms with Crippen LogP contribution in [0.4, 0.5) is 10.6 Å². The molecule has 1 fully saturated rings. The average Bonchev–Trinajstić information content (AvgIpc) is 2.91. The van der Waals surface area contributed by atoms with Crippen molar-refractivity contribution in [3.63, 3.8) is 0 Å². The molecule has 1 aliphatic heterocycles. The van der Waals surface area contributed by atoms with E-state index in [1.165, 1.54) is 0 Å². The number of piperazine rings is 1. The van der Waals surface area contributed by atoms with Crippen LogP contribution in [0.1, 0.15) is 20.8 Å². The Morgan fingerprint density at radius 2 is 1.96 bits per heavy atom. The highest BCUT2D eigenvalue weighted by Crippen LogP contribution is 2.31. The summed E-state index contributed by atoms with van der Waals surface area (Å²) in [5.41, 5.74) is 0.278. The fourth-order valence-electron chi connectivity index (χ4n) is 2.57. The normalized spacial score (nSPS) is 16.0. The molecule has 3 rings (SSSR count). The second-order valence-electron chi connectivity index (χ2n) is 6.58. The number of anilines is 1. The number of fused-ring (bicyclic) bond motifs is 1. The maximum absolute atomic E-state index is 12.1. The maximum Gasteiger partial charge on any atom is 0.410 e. The van der Waals surface area contributed by atoms with Gasteiger partial charge in [0.15, 0.2) is 11.4 Å². The Morgan fingerprint density at radius 3 is 2.61 bits per heavy atom. The topological polar surface area (TPSA) is 58.8 Å². The molecule has 1 saturated heterocycles. The van der Waals surface area contributed by atoms with Crippen molar-refractivity contribution in [2.24, 2.45) is 0 Å². The van der Waals surface area contributed by atoms with Crippen molar-refractivity contribution in [2.45, 2.75) is 26.4 Å². The van der Waals surface area contributed by atoms with Gasteiger partial charge in [-0.15, -0.1) is 0 Å². The van der Waals surface area contributed by atoms with Crippen molar-refractivity contribution in [1.29, 1.82) is 0 Å². The number of ether oxygens (including phenoxy) is 1. The minimum atomic E-state index is -0.469. The Balaban J connectivity index is 1.69. The lowest BCUT2D eigenvalue weighted by Crippen LogP contribution is -2.50. The second-order valence-corrected chi connectivity index (χ2v) is 7.43. The number of benzene rings is 1. The van der Waals surface area contributed by atoms with Crippen LogP contribution in [0, 0.1) is 0 Å². The van der Waals surface area contributed by atoms with Crippen molar-refractivity contribution in [1.82, 2.24) is 10.1 Å². The van der Waals surface area contributed by atoms with E-state index in [4.69, 9.17) is 9.26 Å². The van der Waals surface area contributed by atoms with Crippen molar-refractivity contribution in [2.75, 3.05) is 31.1 Å². The quantitative estimate of drug-likeness (QED) is 0.754. The standard InChI is InChI=1S/C16H20BrN3O3/c1-16(2,3)22-15(21)20-9-7-19(8-10-20)14-11-5-4-6-12(17)13(11)23-18-14/h4-6H,7-10H2,1-3H3. The highest BCUT2D eigenvalue weighted by molar-refractivity contribution is 9.10. The molecule has 1 amide bonds. The van der Waals surface area contributed by atoms with Gasteiger partial charge in [0.25, 0.3) is 0 Å². The first-order chi connectivity index (χ1) is 10.8. The van der Waals surface area contributed by atoms with E-state index in [-0.39, 0.29) is 6.09 Å². The number of amides is 1. The summed E-state index contributed by atoms with van der Waals surface area (Å²) < 4.78 is 11.7. The zero-order valence-corrected chi connectivity index (χ0v) is 15.1. The summed E-state index contributed by atoms with van der Waals surface area (Å²) in [4.78, 5) is 16.0. The van der Waals surface area contributed by atoms with Gasteiger partial charge in [-0.1, -0.05) is 11.2 Å². The molecule has 0 unspecified atom stereocenters. The lowest BCUT2D eigenvalue weighted by Gasteiger charge is -2.35. The Morgan fingerprint density at radius 1 is 1.26 bits per heavy atom. The monoisotopic (exact) mass is 381 g/mol. The predicted molar refractivity (Wildman–Crippen MR) is 91.7 cm³/mol. The molecule has 0 bridgehead atoms. The Bertz CT molecular complexity index is 715. The molecular weight excluding hydrogens is 362 g/mol. The van der Waals surface area contributed by atoms with Gasteiger partial charge < -0.3 is 19.1 Å². The zero-order valence-electron chi connectivity index (χ0n) is 13.5. The predicted octanol–water partition coefficient (Wildman–Crippen LogP) is 3.65. The lowest BCUT2D eigenvalue weighted by molar-refractivity contribution is 0.0240. The van der Waals surface area contributed by atoms with E-state index in [1.54, 1.807) is 4.90 Å². The van der Waals surface area contributed by atoms with Gasteiger partial charge in [-0.25, -0.2) is 4.79 Å². The maximum atomic E-state index is 12.1. The van der Waals surface area contributed by atoms with Crippen LogP contribution >= 0.6 is 15.9 Å². The lowest BCUT2D eigenvalue weighted by atomic mass is 10.2. The molecule has 0 aliphatic carbocycles. The third-order valence-electron chi connectivity index (χ3n) is 3.66. The van der Waals surface area contributed by atoms with Crippen molar-refractivity contribution >= 4 is 38.8 Å². The number of carbonyl (C=O) groups excluding carboxylic acids is 1. The van der Waals surface area contributed by atoms with Crippen LogP contribution in [0.25, 0.3) is 11.0 Å². The molecule has 1 aromatic heterocycles. The molecule has 1 aromatic carbocycles. The van der Waals surface area contributed by atoms with E-state index in [1.807, 2.05) is 39.0 Å². The zero-order chi connectivity index (χ0) is 16.6. The van der Waals surface area contributed by atoms with Crippen LogP contribution in [0.2, 0.25) is 0 Å². The molecule has 23 heavy (non-hydrogen) atoms. The van der Waals surface area contributed by atoms with Gasteiger partial charge in [0.2, 0.25) is 0 Å². The van der Waals surface area contributed by atoms with Crippen LogP contribution in [-0.4, -0.2) is 47.9 Å². The number of rotatable bonds is 1. The first-order valence-corrected chi connectivity index (χ1v) is 8.41. The van der Waals surface area contributed by atoms with Crippen LogP contribution < -0.4 is 4.90 Å². The van der Waals surface area contributed by atoms with Crippen LogP contribution in [-0.2, 0) is 4.74 Å². The smallest absolute Gasteiger partial charge is 0.410 e. The Labute approximate surface area is 143 Å². The molecule has 0 atom stereocenters. The van der Waals surface area contributed by atoms with Gasteiger partial charge in [-0.05, 0) is 48.8 Å². The second kappa shape index (κ2) is 6.03. The number of carbonyl (C=O) groups is 1. The largest absolute Gasteiger partial charge is 0.444 e. The Hall–Kier alpha value is -1.76. The summed E-state index contributed by atoms with van der Waals surface area (Å²) >= 11 is 3.47. The summed E-state index contributed by atoms with van der Waals surface area (Å²) in [5.74, 6) is 0.824. The summed E-state index contributed by atoms with van der Waals surface area (Å²) in [6.45, 7) is 8.25. The minimum absolute atomic E-state index is 0.259. The molecule has 0 radical (unpaired) electrons. The number of hydrogen-bond acceptors (Lipinski definition) is 5. The SMILES string of the molecule is CC(C)(C)OC(=O)N1CCN(c2noc3c(Br)cccc23)CC1. The number of para-hydroxylation sites is 1. The Kier molecular flexibility index (Phi) is 4.23. The van der Waals surface area contributed by atoms with E-state index in [0.717, 1.165) is 21.3 Å². The van der Waals surface area contributed by atoms with Crippen molar-refractivity contribution in [3.8, 4) is 0 Å². The molecule has 2 heterocycles. The first kappa shape index (κ1) is 16.1. The van der Waals surface area contributed by atoms with E-state index in [0.29, 0.717) is 26.2 Å². The molecule has 2 aromatic rings. The molecule has 124 valence electrons. The molecule has 7 heteroatoms. The van der Waals surface area contributed by atoms with Gasteiger partial charge >= 0.3 is 6.09 Å². The van der Waals surface area contributed by atoms with Gasteiger partial charge in [0.05, 0.1) is 9.86 Å². The third kappa shape index (κ3) is 3.44. The van der Waals surface area contributed by atoms with Crippen LogP contribution in [0.3, 0.4) is 0 Å². The molecule has 6 nitrogen and oxygen atoms in total. The van der Waals surface area contributed by atoms with E-state index in [2.05, 4.69) is 26.0 Å². The van der Waals surface area contributed by atoms with Gasteiger partial charge in [-0.3, -0.25) is 0 Å². The van der Waals surface area contributed by atoms with Gasteiger partial charge in [0, 0.05) is 26.2 Å². The van der Waals surface area contributed by atoms with Crippen LogP contribution in [0.15, 0.2) is 27.2 Å². The highest BCUT2D eigenvalue weighted by Gasteiger charge is 2.27. The summed E-state index contributed by atoms with van der Waals surface area (Å²) in [5, 5.41) is 5.17. The molecule has 1 aliphatic rings. The number of nitrogens with zero attached hydrogens (tertiary/aromatic N) is 3. The third-order valence-corrected chi connectivity index (χ3v) is 4.29. The van der Waals surface area contributed by atoms with Crippen LogP contribution in [0.5, 0.6) is 0 Å². The highest BCUT2D eigenvalue weighted by atomic mass is 79.9. The molecular formula is C16H20BrN3O3. The molecule has 0 N–H and O–H groups in total. The first-order valence-electron chi connectivity index (χ1n) is 7.62. The number of halogens is 1. The van der Waals surface area contributed by atoms with Crippen molar-refractivity contribution in [3.05, 3.63) is 22.7 Å². The van der Waals surface area contributed by atoms with E-state index in [9.17, 15) is 4.79 Å². The fraction of sp³-hybridized carbons (Fsp3) is 0.500. The molecule has 0 saturated carbocycles. The minimum Gasteiger partial charge on any atom is -0.444 e. The van der Waals surface area contributed by atoms with Gasteiger partial charge in [-0.2, -0.15) is 0 Å². The number of aromatic nitrogens is 1. The summed E-state index contributed by atoms with van der Waals surface area (Å²) in [6, 6.07) is 5.88. The summed E-state index contributed by atoms with van der Waals surface area (Å²) in [7, 11) is 0. The van der Waals surface area contributed by atoms with Crippen molar-refractivity contribution < 1.29 is 14.1 Å². The average molecular weight is 382 g/mol. The van der Waals surface area contributed by atoms with E-state index >= 15 is 0 Å².